The van der Waals surface area contributed by atoms with Crippen molar-refractivity contribution < 1.29 is 43.6 Å². The SMILES string of the molecule is CC(N)(CO)C(=O)O.Cc1ccc(C=O)cc1/C=C/c1cccc(-c2ccccc2F)c1C.Cc1ccc(CCC(C)(CO)C(=O)O)cc1/C=C/c1cccc(-c2ccccc2F)c1C. The average Bonchev–Trinajstić information content (AvgIpc) is 3.29. The number of carbonyl (C=O) groups is 3. The molecule has 0 radical (unpaired) electrons. The number of aliphatic carboxylic acids is 2. The monoisotopic (exact) mass is 881 g/mol. The van der Waals surface area contributed by atoms with E-state index in [9.17, 15) is 33.4 Å². The van der Waals surface area contributed by atoms with Gasteiger partial charge in [-0.05, 0) is 134 Å². The summed E-state index contributed by atoms with van der Waals surface area (Å²) in [4.78, 5) is 32.4. The van der Waals surface area contributed by atoms with E-state index < -0.39 is 36.1 Å². The lowest BCUT2D eigenvalue weighted by Gasteiger charge is -2.21. The van der Waals surface area contributed by atoms with E-state index in [4.69, 9.17) is 15.9 Å². The predicted molar refractivity (Wildman–Crippen MR) is 257 cm³/mol. The van der Waals surface area contributed by atoms with Gasteiger partial charge >= 0.3 is 11.9 Å². The highest BCUT2D eigenvalue weighted by Crippen LogP contribution is 2.31. The van der Waals surface area contributed by atoms with E-state index >= 15 is 0 Å². The summed E-state index contributed by atoms with van der Waals surface area (Å²) in [6.45, 7) is 9.91. The number of carboxylic acid groups (broad SMARTS) is 2. The maximum absolute atomic E-state index is 14.3. The highest BCUT2D eigenvalue weighted by Gasteiger charge is 2.32. The van der Waals surface area contributed by atoms with E-state index in [1.54, 1.807) is 31.2 Å². The lowest BCUT2D eigenvalue weighted by Crippen LogP contribution is -2.48. The second kappa shape index (κ2) is 23.2. The molecule has 0 spiro atoms. The summed E-state index contributed by atoms with van der Waals surface area (Å²) >= 11 is 0. The Hall–Kier alpha value is -6.85. The normalized spacial score (nSPS) is 12.9. The minimum Gasteiger partial charge on any atom is -0.481 e. The first kappa shape index (κ1) is 50.8. The first-order chi connectivity index (χ1) is 30.8. The van der Waals surface area contributed by atoms with Crippen LogP contribution in [0.15, 0.2) is 121 Å². The lowest BCUT2D eigenvalue weighted by molar-refractivity contribution is -0.150. The van der Waals surface area contributed by atoms with Gasteiger partial charge in [-0.15, -0.1) is 0 Å². The topological polar surface area (TPSA) is 158 Å². The van der Waals surface area contributed by atoms with Crippen LogP contribution in [0.25, 0.3) is 46.6 Å². The molecular weight excluding hydrogens is 825 g/mol. The van der Waals surface area contributed by atoms with Crippen molar-refractivity contribution >= 4 is 42.5 Å². The summed E-state index contributed by atoms with van der Waals surface area (Å²) < 4.78 is 28.4. The molecule has 0 saturated carbocycles. The van der Waals surface area contributed by atoms with Gasteiger partial charge in [0.1, 0.15) is 23.5 Å². The summed E-state index contributed by atoms with van der Waals surface area (Å²) in [5.74, 6) is -2.64. The summed E-state index contributed by atoms with van der Waals surface area (Å²) in [6.07, 6.45) is 9.84. The van der Waals surface area contributed by atoms with Crippen molar-refractivity contribution in [2.75, 3.05) is 13.2 Å². The standard InChI is InChI=1S/C28H29FO3.C23H19FO.C4H9NO3/c1-19-11-12-21(15-16-28(3,18-30)27(31)32)17-23(19)14-13-22-7-6-9-24(20(22)2)25-8-4-5-10-26(25)29;1-16-10-11-18(15-25)14-20(16)13-12-19-6-5-8-21(17(19)2)22-7-3-4-9-23(22)24;1-4(5,2-6)3(7)8/h4-14,17,30H,15-16,18H2,1-3H3,(H,31,32);3-15H,1-2H3;6H,2,5H2,1H3,(H,7,8)/b14-13+;13-12+;. The summed E-state index contributed by atoms with van der Waals surface area (Å²) in [7, 11) is 0. The third-order valence-corrected chi connectivity index (χ3v) is 11.4. The zero-order chi connectivity index (χ0) is 47.9. The molecule has 338 valence electrons. The Morgan fingerprint density at radius 3 is 1.43 bits per heavy atom. The first-order valence-electron chi connectivity index (χ1n) is 21.0. The average molecular weight is 882 g/mol. The summed E-state index contributed by atoms with van der Waals surface area (Å²) in [5, 5.41) is 35.3. The minimum absolute atomic E-state index is 0.221. The van der Waals surface area contributed by atoms with Gasteiger partial charge in [0.2, 0.25) is 0 Å². The second-order valence-corrected chi connectivity index (χ2v) is 16.5. The lowest BCUT2D eigenvalue weighted by atomic mass is 9.84. The summed E-state index contributed by atoms with van der Waals surface area (Å²) in [5.41, 5.74) is 15.3. The van der Waals surface area contributed by atoms with Crippen molar-refractivity contribution in [3.63, 3.8) is 0 Å². The van der Waals surface area contributed by atoms with E-state index in [-0.39, 0.29) is 11.6 Å². The molecule has 0 amide bonds. The van der Waals surface area contributed by atoms with Gasteiger partial charge in [0.05, 0.1) is 18.6 Å². The van der Waals surface area contributed by atoms with Crippen LogP contribution in [0.3, 0.4) is 0 Å². The number of hydrogen-bond donors (Lipinski definition) is 5. The maximum atomic E-state index is 14.3. The zero-order valence-corrected chi connectivity index (χ0v) is 37.6. The molecule has 0 fully saturated rings. The Morgan fingerprint density at radius 2 is 1.02 bits per heavy atom. The molecule has 6 rings (SSSR count). The Balaban J connectivity index is 0.000000249. The molecule has 0 aliphatic carbocycles. The van der Waals surface area contributed by atoms with E-state index in [2.05, 4.69) is 6.07 Å². The fourth-order valence-corrected chi connectivity index (χ4v) is 6.65. The van der Waals surface area contributed by atoms with Crippen LogP contribution in [-0.2, 0) is 16.0 Å². The molecule has 0 aromatic heterocycles. The van der Waals surface area contributed by atoms with Crippen LogP contribution < -0.4 is 5.73 Å². The van der Waals surface area contributed by atoms with Gasteiger partial charge in [-0.1, -0.05) is 127 Å². The van der Waals surface area contributed by atoms with Gasteiger partial charge in [0.25, 0.3) is 0 Å². The van der Waals surface area contributed by atoms with E-state index in [1.165, 1.54) is 19.1 Å². The fraction of sp³-hybridized carbons (Fsp3) is 0.218. The number of benzene rings is 6. The molecule has 2 atom stereocenters. The number of aliphatic hydroxyl groups is 2. The molecular formula is C55H57F2NO7. The fourth-order valence-electron chi connectivity index (χ4n) is 6.65. The molecule has 2 unspecified atom stereocenters. The Labute approximate surface area is 380 Å². The van der Waals surface area contributed by atoms with Crippen LogP contribution >= 0.6 is 0 Å². The van der Waals surface area contributed by atoms with Gasteiger partial charge in [0.15, 0.2) is 0 Å². The van der Waals surface area contributed by atoms with Crippen molar-refractivity contribution in [1.82, 2.24) is 0 Å². The van der Waals surface area contributed by atoms with Crippen molar-refractivity contribution in [3.05, 3.63) is 189 Å². The highest BCUT2D eigenvalue weighted by atomic mass is 19.1. The Kier molecular flexibility index (Phi) is 18.1. The maximum Gasteiger partial charge on any atom is 0.325 e. The number of halogens is 2. The van der Waals surface area contributed by atoms with Gasteiger partial charge in [-0.25, -0.2) is 8.78 Å². The summed E-state index contributed by atoms with van der Waals surface area (Å²) in [6, 6.07) is 37.0. The number of carbonyl (C=O) groups excluding carboxylic acids is 1. The number of aryl methyl sites for hydroxylation is 3. The van der Waals surface area contributed by atoms with Crippen LogP contribution in [0.1, 0.15) is 80.7 Å². The molecule has 6 aromatic carbocycles. The molecule has 8 nitrogen and oxygen atoms in total. The molecule has 10 heteroatoms. The number of nitrogens with two attached hydrogens (primary N) is 1. The number of hydrogen-bond acceptors (Lipinski definition) is 6. The quantitative estimate of drug-likeness (QED) is 0.0534. The van der Waals surface area contributed by atoms with Crippen LogP contribution in [0.4, 0.5) is 8.78 Å². The van der Waals surface area contributed by atoms with Crippen molar-refractivity contribution in [3.8, 4) is 22.3 Å². The van der Waals surface area contributed by atoms with Gasteiger partial charge < -0.3 is 26.2 Å². The van der Waals surface area contributed by atoms with Crippen LogP contribution in [0, 0.1) is 44.7 Å². The molecule has 0 bridgehead atoms. The highest BCUT2D eigenvalue weighted by molar-refractivity contribution is 5.82. The number of aliphatic hydroxyl groups excluding tert-OH is 2. The van der Waals surface area contributed by atoms with Crippen molar-refractivity contribution in [2.45, 2.75) is 59.9 Å². The van der Waals surface area contributed by atoms with Crippen molar-refractivity contribution in [1.29, 1.82) is 0 Å². The van der Waals surface area contributed by atoms with Gasteiger partial charge in [-0.3, -0.25) is 14.4 Å². The molecule has 0 aliphatic rings. The van der Waals surface area contributed by atoms with Crippen LogP contribution in [-0.4, -0.2) is 57.4 Å². The van der Waals surface area contributed by atoms with E-state index in [1.807, 2.05) is 131 Å². The molecule has 0 saturated heterocycles. The van der Waals surface area contributed by atoms with Gasteiger partial charge in [-0.2, -0.15) is 0 Å². The zero-order valence-electron chi connectivity index (χ0n) is 37.6. The number of aldehydes is 1. The van der Waals surface area contributed by atoms with E-state index in [0.717, 1.165) is 67.5 Å². The molecule has 0 aliphatic heterocycles. The van der Waals surface area contributed by atoms with Crippen LogP contribution in [0.2, 0.25) is 0 Å². The van der Waals surface area contributed by atoms with E-state index in [0.29, 0.717) is 29.5 Å². The third-order valence-electron chi connectivity index (χ3n) is 11.4. The van der Waals surface area contributed by atoms with Gasteiger partial charge in [0, 0.05) is 16.7 Å². The van der Waals surface area contributed by atoms with Crippen molar-refractivity contribution in [2.24, 2.45) is 11.1 Å². The molecule has 65 heavy (non-hydrogen) atoms. The molecule has 6 aromatic rings. The Bertz CT molecular complexity index is 2690. The largest absolute Gasteiger partial charge is 0.481 e. The molecule has 0 heterocycles. The number of rotatable bonds is 14. The van der Waals surface area contributed by atoms with Crippen LogP contribution in [0.5, 0.6) is 0 Å². The Morgan fingerprint density at radius 1 is 0.569 bits per heavy atom. The first-order valence-corrected chi connectivity index (χ1v) is 21.0. The third kappa shape index (κ3) is 13.6. The molecule has 6 N–H and O–H groups in total. The second-order valence-electron chi connectivity index (χ2n) is 16.5. The minimum atomic E-state index is -1.49. The predicted octanol–water partition coefficient (Wildman–Crippen LogP) is 11.2. The number of carboxylic acids is 2. The smallest absolute Gasteiger partial charge is 0.325 e.